The number of carbonyl (C=O) groups is 1. The molecule has 0 bridgehead atoms. The molecule has 1 aliphatic rings. The van der Waals surface area contributed by atoms with Gasteiger partial charge in [-0.05, 0) is 19.1 Å². The Balaban J connectivity index is 2.43. The molecule has 0 aromatic heterocycles. The van der Waals surface area contributed by atoms with Crippen molar-refractivity contribution in [3.05, 3.63) is 23.8 Å². The highest BCUT2D eigenvalue weighted by Gasteiger charge is 2.28. The molecule has 0 amide bonds. The number of aromatic carboxylic acids is 1. The number of rotatable bonds is 2. The van der Waals surface area contributed by atoms with Gasteiger partial charge in [0.15, 0.2) is 5.75 Å². The van der Waals surface area contributed by atoms with Crippen LogP contribution in [0, 0.1) is 0 Å². The number of para-hydroxylation sites is 1. The molecular formula is C11H13NO4. The SMILES string of the molecule is CC1Nc2cccc(C(=O)O)c2OC1CO. The lowest BCUT2D eigenvalue weighted by Gasteiger charge is -2.32. The van der Waals surface area contributed by atoms with E-state index >= 15 is 0 Å². The molecule has 3 N–H and O–H groups in total. The van der Waals surface area contributed by atoms with Gasteiger partial charge in [0.05, 0.1) is 18.3 Å². The number of fused-ring (bicyclic) bond motifs is 1. The number of carboxylic acid groups (broad SMARTS) is 1. The largest absolute Gasteiger partial charge is 0.483 e. The molecule has 0 spiro atoms. The topological polar surface area (TPSA) is 78.8 Å². The standard InChI is InChI=1S/C11H13NO4/c1-6-9(5-13)16-10-7(11(14)15)3-2-4-8(10)12-6/h2-4,6,9,12-13H,5H2,1H3,(H,14,15). The van der Waals surface area contributed by atoms with Gasteiger partial charge in [-0.2, -0.15) is 0 Å². The highest BCUT2D eigenvalue weighted by Crippen LogP contribution is 2.34. The van der Waals surface area contributed by atoms with E-state index in [0.717, 1.165) is 0 Å². The molecule has 1 heterocycles. The summed E-state index contributed by atoms with van der Waals surface area (Å²) in [5, 5.41) is 21.2. The summed E-state index contributed by atoms with van der Waals surface area (Å²) in [6.07, 6.45) is -0.423. The second kappa shape index (κ2) is 4.02. The summed E-state index contributed by atoms with van der Waals surface area (Å²) >= 11 is 0. The average Bonchev–Trinajstić information content (AvgIpc) is 2.26. The summed E-state index contributed by atoms with van der Waals surface area (Å²) < 4.78 is 5.49. The van der Waals surface area contributed by atoms with E-state index in [-0.39, 0.29) is 18.2 Å². The summed E-state index contributed by atoms with van der Waals surface area (Å²) in [5.74, 6) is -0.739. The monoisotopic (exact) mass is 223 g/mol. The highest BCUT2D eigenvalue weighted by atomic mass is 16.5. The number of benzene rings is 1. The van der Waals surface area contributed by atoms with Crippen LogP contribution in [-0.4, -0.2) is 34.9 Å². The van der Waals surface area contributed by atoms with Crippen molar-refractivity contribution in [2.45, 2.75) is 19.1 Å². The Morgan fingerprint density at radius 2 is 2.31 bits per heavy atom. The van der Waals surface area contributed by atoms with E-state index in [1.165, 1.54) is 6.07 Å². The number of hydrogen-bond donors (Lipinski definition) is 3. The van der Waals surface area contributed by atoms with Crippen LogP contribution in [0.15, 0.2) is 18.2 Å². The quantitative estimate of drug-likeness (QED) is 0.695. The van der Waals surface area contributed by atoms with Gasteiger partial charge in [0, 0.05) is 0 Å². The Morgan fingerprint density at radius 1 is 1.56 bits per heavy atom. The fraction of sp³-hybridized carbons (Fsp3) is 0.364. The first-order valence-corrected chi connectivity index (χ1v) is 5.04. The number of ether oxygens (including phenoxy) is 1. The van der Waals surface area contributed by atoms with Gasteiger partial charge in [-0.25, -0.2) is 4.79 Å². The van der Waals surface area contributed by atoms with E-state index in [0.29, 0.717) is 11.4 Å². The molecular weight excluding hydrogens is 210 g/mol. The predicted molar refractivity (Wildman–Crippen MR) is 58.0 cm³/mol. The molecule has 0 saturated heterocycles. The van der Waals surface area contributed by atoms with Crippen LogP contribution in [0.4, 0.5) is 5.69 Å². The van der Waals surface area contributed by atoms with Crippen LogP contribution < -0.4 is 10.1 Å². The normalized spacial score (nSPS) is 22.9. The van der Waals surface area contributed by atoms with Crippen LogP contribution in [0.25, 0.3) is 0 Å². The Morgan fingerprint density at radius 3 is 2.94 bits per heavy atom. The number of aliphatic hydroxyl groups is 1. The first-order chi connectivity index (χ1) is 7.63. The minimum absolute atomic E-state index is 0.0541. The molecule has 5 nitrogen and oxygen atoms in total. The van der Waals surface area contributed by atoms with E-state index < -0.39 is 12.1 Å². The van der Waals surface area contributed by atoms with E-state index in [2.05, 4.69) is 5.32 Å². The molecule has 0 saturated carbocycles. The average molecular weight is 223 g/mol. The molecule has 2 rings (SSSR count). The summed E-state index contributed by atoms with van der Waals surface area (Å²) in [5.41, 5.74) is 0.757. The van der Waals surface area contributed by atoms with E-state index in [1.807, 2.05) is 6.92 Å². The first-order valence-electron chi connectivity index (χ1n) is 5.04. The van der Waals surface area contributed by atoms with Gasteiger partial charge in [-0.1, -0.05) is 6.07 Å². The molecule has 86 valence electrons. The van der Waals surface area contributed by atoms with Gasteiger partial charge in [-0.3, -0.25) is 0 Å². The molecule has 2 atom stereocenters. The smallest absolute Gasteiger partial charge is 0.339 e. The molecule has 2 unspecified atom stereocenters. The van der Waals surface area contributed by atoms with Crippen molar-refractivity contribution in [2.24, 2.45) is 0 Å². The van der Waals surface area contributed by atoms with Crippen LogP contribution in [0.1, 0.15) is 17.3 Å². The molecule has 1 aromatic carbocycles. The van der Waals surface area contributed by atoms with Crippen molar-refractivity contribution < 1.29 is 19.7 Å². The predicted octanol–water partition coefficient (Wildman–Crippen LogP) is 0.938. The number of carboxylic acids is 1. The zero-order chi connectivity index (χ0) is 11.7. The number of nitrogens with one attached hydrogen (secondary N) is 1. The Hall–Kier alpha value is -1.75. The Labute approximate surface area is 92.7 Å². The summed E-state index contributed by atoms with van der Waals surface area (Å²) in [6.45, 7) is 1.72. The van der Waals surface area contributed by atoms with Gasteiger partial charge < -0.3 is 20.3 Å². The molecule has 16 heavy (non-hydrogen) atoms. The first kappa shape index (κ1) is 10.8. The van der Waals surface area contributed by atoms with Crippen LogP contribution in [-0.2, 0) is 0 Å². The minimum Gasteiger partial charge on any atom is -0.483 e. The molecule has 0 aliphatic carbocycles. The second-order valence-electron chi connectivity index (χ2n) is 3.76. The van der Waals surface area contributed by atoms with Gasteiger partial charge in [0.2, 0.25) is 0 Å². The van der Waals surface area contributed by atoms with Gasteiger partial charge in [0.1, 0.15) is 11.7 Å². The third kappa shape index (κ3) is 1.69. The molecule has 1 aromatic rings. The van der Waals surface area contributed by atoms with Gasteiger partial charge in [-0.15, -0.1) is 0 Å². The summed E-state index contributed by atoms with van der Waals surface area (Å²) in [6, 6.07) is 4.84. The molecule has 5 heteroatoms. The number of aliphatic hydroxyl groups excluding tert-OH is 1. The third-order valence-corrected chi connectivity index (χ3v) is 2.64. The van der Waals surface area contributed by atoms with Crippen LogP contribution in [0.3, 0.4) is 0 Å². The number of anilines is 1. The van der Waals surface area contributed by atoms with E-state index in [4.69, 9.17) is 14.9 Å². The molecule has 0 fully saturated rings. The Bertz CT molecular complexity index is 418. The lowest BCUT2D eigenvalue weighted by molar-refractivity contribution is 0.0670. The lowest BCUT2D eigenvalue weighted by Crippen LogP contribution is -2.42. The van der Waals surface area contributed by atoms with Crippen LogP contribution in [0.5, 0.6) is 5.75 Å². The number of hydrogen-bond acceptors (Lipinski definition) is 4. The fourth-order valence-corrected chi connectivity index (χ4v) is 1.73. The maximum Gasteiger partial charge on any atom is 0.339 e. The van der Waals surface area contributed by atoms with Crippen molar-refractivity contribution in [1.29, 1.82) is 0 Å². The lowest BCUT2D eigenvalue weighted by atomic mass is 10.1. The maximum absolute atomic E-state index is 11.0. The van der Waals surface area contributed by atoms with Crippen molar-refractivity contribution in [1.82, 2.24) is 0 Å². The van der Waals surface area contributed by atoms with Crippen molar-refractivity contribution >= 4 is 11.7 Å². The fourth-order valence-electron chi connectivity index (χ4n) is 1.73. The van der Waals surface area contributed by atoms with Crippen molar-refractivity contribution in [3.8, 4) is 5.75 Å². The maximum atomic E-state index is 11.0. The van der Waals surface area contributed by atoms with Crippen LogP contribution >= 0.6 is 0 Å². The van der Waals surface area contributed by atoms with E-state index in [1.54, 1.807) is 12.1 Å². The van der Waals surface area contributed by atoms with Crippen LogP contribution in [0.2, 0.25) is 0 Å². The van der Waals surface area contributed by atoms with Gasteiger partial charge in [0.25, 0.3) is 0 Å². The van der Waals surface area contributed by atoms with E-state index in [9.17, 15) is 4.79 Å². The second-order valence-corrected chi connectivity index (χ2v) is 3.76. The highest BCUT2D eigenvalue weighted by molar-refractivity contribution is 5.93. The summed E-state index contributed by atoms with van der Waals surface area (Å²) in [7, 11) is 0. The third-order valence-electron chi connectivity index (χ3n) is 2.64. The zero-order valence-electron chi connectivity index (χ0n) is 8.80. The Kier molecular flexibility index (Phi) is 2.70. The zero-order valence-corrected chi connectivity index (χ0v) is 8.80. The molecule has 1 aliphatic heterocycles. The minimum atomic E-state index is -1.04. The summed E-state index contributed by atoms with van der Waals surface area (Å²) in [4.78, 5) is 11.0. The molecule has 0 radical (unpaired) electrons. The van der Waals surface area contributed by atoms with Crippen molar-refractivity contribution in [3.63, 3.8) is 0 Å². The van der Waals surface area contributed by atoms with Crippen molar-refractivity contribution in [2.75, 3.05) is 11.9 Å². The van der Waals surface area contributed by atoms with Gasteiger partial charge >= 0.3 is 5.97 Å².